The van der Waals surface area contributed by atoms with Gasteiger partial charge in [-0.1, -0.05) is 6.07 Å². The summed E-state index contributed by atoms with van der Waals surface area (Å²) < 4.78 is 22.6. The maximum atomic E-state index is 5.74. The predicted molar refractivity (Wildman–Crippen MR) is 89.0 cm³/mol. The van der Waals surface area contributed by atoms with Gasteiger partial charge in [-0.3, -0.25) is 0 Å². The summed E-state index contributed by atoms with van der Waals surface area (Å²) in [7, 11) is 0. The summed E-state index contributed by atoms with van der Waals surface area (Å²) in [6.07, 6.45) is 0.925. The highest BCUT2D eigenvalue weighted by molar-refractivity contribution is 7.98. The number of ether oxygens (including phenoxy) is 4. The molecule has 0 unspecified atom stereocenters. The van der Waals surface area contributed by atoms with Gasteiger partial charge in [-0.25, -0.2) is 0 Å². The van der Waals surface area contributed by atoms with E-state index >= 15 is 0 Å². The normalized spacial score (nSPS) is 15.8. The van der Waals surface area contributed by atoms with Crippen molar-refractivity contribution in [2.75, 3.05) is 26.4 Å². The molecule has 23 heavy (non-hydrogen) atoms. The minimum Gasteiger partial charge on any atom is -0.490 e. The zero-order valence-corrected chi connectivity index (χ0v) is 13.6. The lowest BCUT2D eigenvalue weighted by molar-refractivity contribution is 0.171. The fourth-order valence-electron chi connectivity index (χ4n) is 2.58. The van der Waals surface area contributed by atoms with Crippen LogP contribution in [0.2, 0.25) is 0 Å². The number of fused-ring (bicyclic) bond motifs is 2. The van der Waals surface area contributed by atoms with Crippen LogP contribution in [0.4, 0.5) is 0 Å². The van der Waals surface area contributed by atoms with Gasteiger partial charge in [0.25, 0.3) is 0 Å². The number of rotatable bonds is 3. The van der Waals surface area contributed by atoms with Crippen LogP contribution < -0.4 is 18.9 Å². The van der Waals surface area contributed by atoms with E-state index in [0.717, 1.165) is 41.8 Å². The van der Waals surface area contributed by atoms with Gasteiger partial charge in [-0.05, 0) is 35.9 Å². The zero-order valence-electron chi connectivity index (χ0n) is 12.7. The van der Waals surface area contributed by atoms with Gasteiger partial charge in [-0.15, -0.1) is 11.8 Å². The molecule has 0 amide bonds. The van der Waals surface area contributed by atoms with Crippen molar-refractivity contribution in [3.63, 3.8) is 0 Å². The molecule has 0 bridgehead atoms. The Bertz CT molecular complexity index is 701. The van der Waals surface area contributed by atoms with Gasteiger partial charge < -0.3 is 18.9 Å². The quantitative estimate of drug-likeness (QED) is 0.798. The van der Waals surface area contributed by atoms with E-state index in [1.54, 1.807) is 11.8 Å². The Labute approximate surface area is 139 Å². The van der Waals surface area contributed by atoms with E-state index < -0.39 is 0 Å². The van der Waals surface area contributed by atoms with E-state index in [2.05, 4.69) is 24.3 Å². The summed E-state index contributed by atoms with van der Waals surface area (Å²) in [5.74, 6) is 4.23. The molecule has 0 atom stereocenters. The Hall–Kier alpha value is -2.01. The lowest BCUT2D eigenvalue weighted by Crippen LogP contribution is -2.15. The molecular formula is C18H18O4S. The standard InChI is InChI=1S/C18H18O4S/c1-6-19-16-5-3-14(11-18(16)20-7-1)23-12-13-2-4-15-17(10-13)22-9-8-21-15/h2-5,10-11H,1,6-9,12H2. The highest BCUT2D eigenvalue weighted by atomic mass is 32.2. The summed E-state index contributed by atoms with van der Waals surface area (Å²) in [5.41, 5.74) is 1.21. The molecule has 2 aliphatic rings. The first-order chi connectivity index (χ1) is 11.4. The second-order valence-corrected chi connectivity index (χ2v) is 6.47. The van der Waals surface area contributed by atoms with Crippen molar-refractivity contribution < 1.29 is 18.9 Å². The summed E-state index contributed by atoms with van der Waals surface area (Å²) in [4.78, 5) is 1.17. The average molecular weight is 330 g/mol. The van der Waals surface area contributed by atoms with Gasteiger partial charge in [-0.2, -0.15) is 0 Å². The number of benzene rings is 2. The van der Waals surface area contributed by atoms with E-state index in [9.17, 15) is 0 Å². The molecule has 0 saturated carbocycles. The fraction of sp³-hybridized carbons (Fsp3) is 0.333. The average Bonchev–Trinajstić information content (AvgIpc) is 2.84. The molecule has 0 aliphatic carbocycles. The molecule has 5 heteroatoms. The molecule has 4 rings (SSSR count). The number of thioether (sulfide) groups is 1. The van der Waals surface area contributed by atoms with Crippen molar-refractivity contribution >= 4 is 11.8 Å². The summed E-state index contributed by atoms with van der Waals surface area (Å²) in [6, 6.07) is 12.3. The molecule has 120 valence electrons. The topological polar surface area (TPSA) is 36.9 Å². The molecule has 0 spiro atoms. The van der Waals surface area contributed by atoms with Crippen LogP contribution in [0.15, 0.2) is 41.3 Å². The highest BCUT2D eigenvalue weighted by Gasteiger charge is 2.13. The van der Waals surface area contributed by atoms with Crippen LogP contribution >= 0.6 is 11.8 Å². The number of hydrogen-bond donors (Lipinski definition) is 0. The van der Waals surface area contributed by atoms with Gasteiger partial charge in [0, 0.05) is 17.1 Å². The van der Waals surface area contributed by atoms with Gasteiger partial charge in [0.2, 0.25) is 0 Å². The van der Waals surface area contributed by atoms with Gasteiger partial charge in [0.1, 0.15) is 13.2 Å². The van der Waals surface area contributed by atoms with Crippen molar-refractivity contribution in [1.29, 1.82) is 0 Å². The molecule has 0 aromatic heterocycles. The van der Waals surface area contributed by atoms with E-state index in [-0.39, 0.29) is 0 Å². The van der Waals surface area contributed by atoms with Crippen LogP contribution in [-0.2, 0) is 5.75 Å². The van der Waals surface area contributed by atoms with Crippen LogP contribution in [0.25, 0.3) is 0 Å². The lowest BCUT2D eigenvalue weighted by Gasteiger charge is -2.18. The highest BCUT2D eigenvalue weighted by Crippen LogP contribution is 2.36. The Morgan fingerprint density at radius 1 is 0.696 bits per heavy atom. The molecular weight excluding hydrogens is 312 g/mol. The zero-order chi connectivity index (χ0) is 15.5. The van der Waals surface area contributed by atoms with Crippen molar-refractivity contribution in [3.05, 3.63) is 42.0 Å². The predicted octanol–water partition coefficient (Wildman–Crippen LogP) is 3.91. The lowest BCUT2D eigenvalue weighted by atomic mass is 10.2. The Morgan fingerprint density at radius 3 is 2.22 bits per heavy atom. The monoisotopic (exact) mass is 330 g/mol. The van der Waals surface area contributed by atoms with E-state index in [4.69, 9.17) is 18.9 Å². The molecule has 4 nitrogen and oxygen atoms in total. The second kappa shape index (κ2) is 6.62. The second-order valence-electron chi connectivity index (χ2n) is 5.43. The van der Waals surface area contributed by atoms with Crippen LogP contribution in [0.1, 0.15) is 12.0 Å². The van der Waals surface area contributed by atoms with Crippen LogP contribution in [0, 0.1) is 0 Å². The molecule has 0 fully saturated rings. The Kier molecular flexibility index (Phi) is 4.20. The molecule has 0 saturated heterocycles. The minimum absolute atomic E-state index is 0.617. The van der Waals surface area contributed by atoms with Crippen molar-refractivity contribution in [2.24, 2.45) is 0 Å². The number of hydrogen-bond acceptors (Lipinski definition) is 5. The fourth-order valence-corrected chi connectivity index (χ4v) is 3.45. The van der Waals surface area contributed by atoms with E-state index in [1.807, 2.05) is 12.1 Å². The van der Waals surface area contributed by atoms with Crippen molar-refractivity contribution in [2.45, 2.75) is 17.1 Å². The summed E-state index contributed by atoms with van der Waals surface area (Å²) in [5, 5.41) is 0. The smallest absolute Gasteiger partial charge is 0.162 e. The van der Waals surface area contributed by atoms with Crippen molar-refractivity contribution in [1.82, 2.24) is 0 Å². The van der Waals surface area contributed by atoms with Gasteiger partial charge in [0.15, 0.2) is 23.0 Å². The molecule has 0 N–H and O–H groups in total. The minimum atomic E-state index is 0.617. The molecule has 0 radical (unpaired) electrons. The summed E-state index contributed by atoms with van der Waals surface area (Å²) >= 11 is 1.77. The third kappa shape index (κ3) is 3.34. The van der Waals surface area contributed by atoms with Crippen LogP contribution in [0.5, 0.6) is 23.0 Å². The maximum absolute atomic E-state index is 5.74. The molecule has 2 aliphatic heterocycles. The van der Waals surface area contributed by atoms with E-state index in [1.165, 1.54) is 10.5 Å². The molecule has 2 aromatic carbocycles. The first-order valence-corrected chi connectivity index (χ1v) is 8.78. The van der Waals surface area contributed by atoms with Gasteiger partial charge >= 0.3 is 0 Å². The first kappa shape index (κ1) is 14.6. The SMILES string of the molecule is c1cc2c(cc1CSc1ccc3c(c1)OCCCO3)OCCO2. The largest absolute Gasteiger partial charge is 0.490 e. The van der Waals surface area contributed by atoms with Gasteiger partial charge in [0.05, 0.1) is 13.2 Å². The van der Waals surface area contributed by atoms with Crippen LogP contribution in [-0.4, -0.2) is 26.4 Å². The Morgan fingerprint density at radius 2 is 1.35 bits per heavy atom. The first-order valence-electron chi connectivity index (χ1n) is 7.79. The summed E-state index contributed by atoms with van der Waals surface area (Å²) in [6.45, 7) is 2.67. The maximum Gasteiger partial charge on any atom is 0.162 e. The third-order valence-electron chi connectivity index (χ3n) is 3.73. The molecule has 2 heterocycles. The van der Waals surface area contributed by atoms with Crippen LogP contribution in [0.3, 0.4) is 0 Å². The third-order valence-corrected chi connectivity index (χ3v) is 4.80. The Balaban J connectivity index is 1.45. The van der Waals surface area contributed by atoms with Crippen molar-refractivity contribution in [3.8, 4) is 23.0 Å². The van der Waals surface area contributed by atoms with E-state index in [0.29, 0.717) is 19.8 Å². The molecule has 2 aromatic rings.